The van der Waals surface area contributed by atoms with E-state index in [0.717, 1.165) is 48.1 Å². The number of piperidine rings is 1. The molecule has 1 aliphatic rings. The first-order chi connectivity index (χ1) is 14.7. The molecule has 3 heterocycles. The Labute approximate surface area is 173 Å². The van der Waals surface area contributed by atoms with Crippen LogP contribution in [0, 0.1) is 5.92 Å². The molecule has 152 valence electrons. The Balaban J connectivity index is 1.28. The Bertz CT molecular complexity index is 1240. The van der Waals surface area contributed by atoms with Gasteiger partial charge in [-0.25, -0.2) is 9.67 Å². The van der Waals surface area contributed by atoms with Crippen LogP contribution in [0.3, 0.4) is 0 Å². The molecule has 1 atom stereocenters. The number of imidazole rings is 1. The van der Waals surface area contributed by atoms with Crippen molar-refractivity contribution >= 4 is 27.7 Å². The second-order valence-electron chi connectivity index (χ2n) is 7.95. The first-order valence-electron chi connectivity index (χ1n) is 10.3. The molecule has 2 aromatic heterocycles. The van der Waals surface area contributed by atoms with Crippen LogP contribution < -0.4 is 5.56 Å². The number of carbonyl (C=O) groups excluding carboxylic acids is 1. The number of H-pyrrole nitrogens is 1. The number of aromatic amines is 1. The van der Waals surface area contributed by atoms with Gasteiger partial charge in [-0.15, -0.1) is 0 Å². The number of fused-ring (bicyclic) bond motifs is 2. The van der Waals surface area contributed by atoms with Crippen molar-refractivity contribution in [2.24, 2.45) is 5.92 Å². The molecule has 1 N–H and O–H groups in total. The first kappa shape index (κ1) is 18.5. The fourth-order valence-corrected chi connectivity index (χ4v) is 4.30. The highest BCUT2D eigenvalue weighted by molar-refractivity contribution is 5.81. The molecule has 0 bridgehead atoms. The quantitative estimate of drug-likeness (QED) is 0.570. The molecule has 0 spiro atoms. The van der Waals surface area contributed by atoms with Gasteiger partial charge in [0.2, 0.25) is 5.91 Å². The van der Waals surface area contributed by atoms with E-state index in [1.165, 1.54) is 4.68 Å². The molecule has 1 fully saturated rings. The number of nitrogens with zero attached hydrogens (tertiary/aromatic N) is 4. The number of aromatic nitrogens is 4. The summed E-state index contributed by atoms with van der Waals surface area (Å²) in [6, 6.07) is 15.3. The van der Waals surface area contributed by atoms with Crippen LogP contribution in [-0.4, -0.2) is 43.6 Å². The fraction of sp³-hybridized carbons (Fsp3) is 0.304. The van der Waals surface area contributed by atoms with E-state index in [1.54, 1.807) is 12.3 Å². The second kappa shape index (κ2) is 7.74. The molecule has 2 aromatic carbocycles. The van der Waals surface area contributed by atoms with E-state index in [0.29, 0.717) is 17.8 Å². The zero-order chi connectivity index (χ0) is 20.5. The molecule has 0 unspecified atom stereocenters. The lowest BCUT2D eigenvalue weighted by atomic mass is 9.94. The monoisotopic (exact) mass is 401 g/mol. The van der Waals surface area contributed by atoms with Crippen LogP contribution >= 0.6 is 0 Å². The Kier molecular flexibility index (Phi) is 4.78. The molecule has 7 heteroatoms. The third kappa shape index (κ3) is 3.58. The topological polar surface area (TPSA) is 83.9 Å². The van der Waals surface area contributed by atoms with Crippen molar-refractivity contribution in [3.05, 3.63) is 70.9 Å². The van der Waals surface area contributed by atoms with Gasteiger partial charge in [0, 0.05) is 24.9 Å². The number of carbonyl (C=O) groups is 1. The molecule has 7 nitrogen and oxygen atoms in total. The van der Waals surface area contributed by atoms with Crippen molar-refractivity contribution < 1.29 is 4.79 Å². The highest BCUT2D eigenvalue weighted by atomic mass is 16.2. The molecule has 0 aliphatic carbocycles. The standard InChI is InChI=1S/C23H23N5O2/c29-22(15-28-23(30)18-8-2-1-7-17(18)13-24-28)27-11-5-6-16(14-27)12-21-25-19-9-3-4-10-20(19)26-21/h1-4,7-10,13,16H,5-6,11-12,14-15H2,(H,25,26)/t16-/m1/s1. The lowest BCUT2D eigenvalue weighted by Gasteiger charge is -2.32. The summed E-state index contributed by atoms with van der Waals surface area (Å²) in [5.74, 6) is 1.25. The summed E-state index contributed by atoms with van der Waals surface area (Å²) in [5.41, 5.74) is 1.79. The van der Waals surface area contributed by atoms with Crippen LogP contribution in [0.2, 0.25) is 0 Å². The SMILES string of the molecule is O=C(Cn1ncc2ccccc2c1=O)N1CCC[C@H](Cc2nc3ccccc3[nH]2)C1. The molecular weight excluding hydrogens is 378 g/mol. The van der Waals surface area contributed by atoms with Crippen LogP contribution in [-0.2, 0) is 17.8 Å². The lowest BCUT2D eigenvalue weighted by molar-refractivity contribution is -0.133. The Morgan fingerprint density at radius 2 is 1.97 bits per heavy atom. The van der Waals surface area contributed by atoms with Gasteiger partial charge in [-0.2, -0.15) is 5.10 Å². The Hall–Kier alpha value is -3.48. The average Bonchev–Trinajstić information content (AvgIpc) is 3.18. The molecule has 30 heavy (non-hydrogen) atoms. The van der Waals surface area contributed by atoms with Crippen molar-refractivity contribution in [1.82, 2.24) is 24.6 Å². The van der Waals surface area contributed by atoms with Crippen molar-refractivity contribution in [1.29, 1.82) is 0 Å². The maximum atomic E-state index is 12.9. The highest BCUT2D eigenvalue weighted by Gasteiger charge is 2.25. The average molecular weight is 401 g/mol. The lowest BCUT2D eigenvalue weighted by Crippen LogP contribution is -2.43. The van der Waals surface area contributed by atoms with Gasteiger partial charge in [0.1, 0.15) is 12.4 Å². The minimum Gasteiger partial charge on any atom is -0.342 e. The molecule has 1 saturated heterocycles. The summed E-state index contributed by atoms with van der Waals surface area (Å²) in [4.78, 5) is 35.5. The van der Waals surface area contributed by atoms with Crippen molar-refractivity contribution in [2.75, 3.05) is 13.1 Å². The predicted octanol–water partition coefficient (Wildman–Crippen LogP) is 2.75. The summed E-state index contributed by atoms with van der Waals surface area (Å²) in [5, 5.41) is 5.57. The number of hydrogen-bond acceptors (Lipinski definition) is 4. The molecule has 4 aromatic rings. The summed E-state index contributed by atoms with van der Waals surface area (Å²) in [6.45, 7) is 1.37. The van der Waals surface area contributed by atoms with E-state index >= 15 is 0 Å². The van der Waals surface area contributed by atoms with E-state index in [9.17, 15) is 9.59 Å². The zero-order valence-electron chi connectivity index (χ0n) is 16.6. The van der Waals surface area contributed by atoms with E-state index < -0.39 is 0 Å². The van der Waals surface area contributed by atoms with Gasteiger partial charge >= 0.3 is 0 Å². The number of hydrogen-bond donors (Lipinski definition) is 1. The number of amides is 1. The van der Waals surface area contributed by atoms with E-state index in [1.807, 2.05) is 47.4 Å². The molecule has 1 amide bonds. The minimum atomic E-state index is -0.225. The summed E-state index contributed by atoms with van der Waals surface area (Å²) in [7, 11) is 0. The molecule has 0 saturated carbocycles. The number of rotatable bonds is 4. The van der Waals surface area contributed by atoms with E-state index in [-0.39, 0.29) is 18.0 Å². The van der Waals surface area contributed by atoms with Gasteiger partial charge in [-0.05, 0) is 37.0 Å². The van der Waals surface area contributed by atoms with Gasteiger partial charge in [-0.3, -0.25) is 9.59 Å². The molecule has 1 aliphatic heterocycles. The number of nitrogens with one attached hydrogen (secondary N) is 1. The number of likely N-dealkylation sites (tertiary alicyclic amines) is 1. The third-order valence-corrected chi connectivity index (χ3v) is 5.84. The maximum Gasteiger partial charge on any atom is 0.275 e. The largest absolute Gasteiger partial charge is 0.342 e. The van der Waals surface area contributed by atoms with Crippen molar-refractivity contribution in [3.63, 3.8) is 0 Å². The van der Waals surface area contributed by atoms with Gasteiger partial charge in [0.15, 0.2) is 0 Å². The smallest absolute Gasteiger partial charge is 0.275 e. The van der Waals surface area contributed by atoms with Gasteiger partial charge in [-0.1, -0.05) is 30.3 Å². The van der Waals surface area contributed by atoms with E-state index in [2.05, 4.69) is 15.1 Å². The Morgan fingerprint density at radius 3 is 2.87 bits per heavy atom. The number of benzene rings is 2. The first-order valence-corrected chi connectivity index (χ1v) is 10.3. The van der Waals surface area contributed by atoms with Crippen LogP contribution in [0.1, 0.15) is 18.7 Å². The summed E-state index contributed by atoms with van der Waals surface area (Å²) >= 11 is 0. The highest BCUT2D eigenvalue weighted by Crippen LogP contribution is 2.21. The molecule has 0 radical (unpaired) electrons. The molecular formula is C23H23N5O2. The van der Waals surface area contributed by atoms with Gasteiger partial charge < -0.3 is 9.88 Å². The van der Waals surface area contributed by atoms with Gasteiger partial charge in [0.25, 0.3) is 5.56 Å². The number of para-hydroxylation sites is 2. The van der Waals surface area contributed by atoms with Gasteiger partial charge in [0.05, 0.1) is 22.6 Å². The van der Waals surface area contributed by atoms with Crippen molar-refractivity contribution in [2.45, 2.75) is 25.8 Å². The van der Waals surface area contributed by atoms with Crippen LogP contribution in [0.15, 0.2) is 59.5 Å². The van der Waals surface area contributed by atoms with Crippen LogP contribution in [0.5, 0.6) is 0 Å². The molecule has 5 rings (SSSR count). The van der Waals surface area contributed by atoms with E-state index in [4.69, 9.17) is 0 Å². The Morgan fingerprint density at radius 1 is 1.13 bits per heavy atom. The summed E-state index contributed by atoms with van der Waals surface area (Å²) in [6.07, 6.45) is 4.48. The minimum absolute atomic E-state index is 0.0268. The van der Waals surface area contributed by atoms with Crippen molar-refractivity contribution in [3.8, 4) is 0 Å². The fourth-order valence-electron chi connectivity index (χ4n) is 4.30. The second-order valence-corrected chi connectivity index (χ2v) is 7.95. The van der Waals surface area contributed by atoms with Crippen LogP contribution in [0.4, 0.5) is 0 Å². The summed E-state index contributed by atoms with van der Waals surface area (Å²) < 4.78 is 1.27. The van der Waals surface area contributed by atoms with Crippen LogP contribution in [0.25, 0.3) is 21.8 Å². The maximum absolute atomic E-state index is 12.9. The normalized spacial score (nSPS) is 16.9. The third-order valence-electron chi connectivity index (χ3n) is 5.84. The predicted molar refractivity (Wildman–Crippen MR) is 115 cm³/mol. The zero-order valence-corrected chi connectivity index (χ0v) is 16.6.